The fourth-order valence-electron chi connectivity index (χ4n) is 5.28. The van der Waals surface area contributed by atoms with Crippen molar-refractivity contribution in [3.05, 3.63) is 68.8 Å². The largest absolute Gasteiger partial charge is 0.464 e. The average molecular weight is 631 g/mol. The van der Waals surface area contributed by atoms with Gasteiger partial charge in [0.1, 0.15) is 11.6 Å². The van der Waals surface area contributed by atoms with Crippen LogP contribution in [0, 0.1) is 17.5 Å². The molecule has 8 nitrogen and oxygen atoms in total. The number of benzene rings is 2. The molecule has 2 aromatic carbocycles. The highest BCUT2D eigenvalue weighted by atomic mass is 79.9. The van der Waals surface area contributed by atoms with E-state index >= 15 is 8.78 Å². The van der Waals surface area contributed by atoms with Gasteiger partial charge in [0.25, 0.3) is 10.0 Å². The molecule has 2 fully saturated rings. The molecule has 0 aliphatic carbocycles. The summed E-state index contributed by atoms with van der Waals surface area (Å²) in [6, 6.07) is 7.53. The third kappa shape index (κ3) is 4.78. The molecule has 14 heteroatoms. The van der Waals surface area contributed by atoms with Gasteiger partial charge in [0.05, 0.1) is 10.2 Å². The Hall–Kier alpha value is -2.68. The van der Waals surface area contributed by atoms with Crippen LogP contribution in [0.15, 0.2) is 45.1 Å². The molecule has 2 aliphatic heterocycles. The highest BCUT2D eigenvalue weighted by Crippen LogP contribution is 2.39. The summed E-state index contributed by atoms with van der Waals surface area (Å²) in [6.45, 7) is 0.446. The van der Waals surface area contributed by atoms with Crippen LogP contribution in [-0.2, 0) is 23.1 Å². The molecule has 3 heterocycles. The van der Waals surface area contributed by atoms with E-state index in [4.69, 9.17) is 0 Å². The summed E-state index contributed by atoms with van der Waals surface area (Å²) in [5.74, 6) is -4.04. The van der Waals surface area contributed by atoms with E-state index in [9.17, 15) is 22.7 Å². The summed E-state index contributed by atoms with van der Waals surface area (Å²) in [5, 5.41) is 13.6. The van der Waals surface area contributed by atoms with Crippen LogP contribution in [0.2, 0.25) is 0 Å². The van der Waals surface area contributed by atoms with E-state index in [1.807, 2.05) is 6.07 Å². The number of nitrogens with one attached hydrogen (secondary N) is 1. The van der Waals surface area contributed by atoms with Gasteiger partial charge >= 0.3 is 6.09 Å². The molecule has 0 saturated carbocycles. The fourth-order valence-corrected chi connectivity index (χ4v) is 7.78. The minimum Gasteiger partial charge on any atom is -0.464 e. The number of fused-ring (bicyclic) bond motifs is 2. The predicted octanol–water partition coefficient (Wildman–Crippen LogP) is 5.94. The predicted molar refractivity (Wildman–Crippen MR) is 139 cm³/mol. The van der Waals surface area contributed by atoms with E-state index in [0.717, 1.165) is 54.9 Å². The molecule has 1 amide bonds. The summed E-state index contributed by atoms with van der Waals surface area (Å²) in [5.41, 5.74) is 0.932. The Labute approximate surface area is 229 Å². The number of rotatable bonds is 8. The molecule has 2 bridgehead atoms. The average Bonchev–Trinajstić information content (AvgIpc) is 3.60. The number of amides is 1. The first-order valence-electron chi connectivity index (χ1n) is 11.7. The summed E-state index contributed by atoms with van der Waals surface area (Å²) >= 11 is 3.72. The standard InChI is InChI=1S/C24H22BrF3N4O4S2/c25-21-19(10-18(27)23(22(21)28)38(35,36)32(24(33)34)20-8-9-37-30-20)29-11-16-13(2-1-3-17(16)26)12-31-14-4-5-15(31)7-6-14/h1-3,8-10,14-15,29H,4-7,11-12H2,(H,33,34). The van der Waals surface area contributed by atoms with Gasteiger partial charge in [-0.15, -0.1) is 4.31 Å². The van der Waals surface area contributed by atoms with Crippen molar-refractivity contribution in [2.75, 3.05) is 9.62 Å². The molecule has 202 valence electrons. The number of carbonyl (C=O) groups is 1. The Bertz CT molecular complexity index is 1470. The fraction of sp³-hybridized carbons (Fsp3) is 0.333. The second-order valence-corrected chi connectivity index (χ2v) is 12.3. The number of hydrogen-bond acceptors (Lipinski definition) is 7. The lowest BCUT2D eigenvalue weighted by molar-refractivity contribution is 0.206. The quantitative estimate of drug-likeness (QED) is 0.297. The Morgan fingerprint density at radius 1 is 1.16 bits per heavy atom. The Balaban J connectivity index is 1.43. The smallest absolute Gasteiger partial charge is 0.427 e. The van der Waals surface area contributed by atoms with Crippen LogP contribution in [0.25, 0.3) is 0 Å². The van der Waals surface area contributed by atoms with Gasteiger partial charge < -0.3 is 10.4 Å². The molecule has 0 atom stereocenters. The maximum Gasteiger partial charge on any atom is 0.427 e. The summed E-state index contributed by atoms with van der Waals surface area (Å²) in [6.07, 6.45) is 2.50. The van der Waals surface area contributed by atoms with E-state index < -0.39 is 48.8 Å². The molecule has 1 aromatic heterocycles. The molecule has 38 heavy (non-hydrogen) atoms. The Kier molecular flexibility index (Phi) is 7.42. The lowest BCUT2D eigenvalue weighted by Gasteiger charge is -2.24. The van der Waals surface area contributed by atoms with Gasteiger partial charge in [-0.1, -0.05) is 12.1 Å². The van der Waals surface area contributed by atoms with Crippen LogP contribution in [0.1, 0.15) is 36.8 Å². The molecule has 0 spiro atoms. The molecule has 3 aromatic rings. The number of sulfonamides is 1. The van der Waals surface area contributed by atoms with Crippen molar-refractivity contribution in [2.24, 2.45) is 0 Å². The Morgan fingerprint density at radius 3 is 2.45 bits per heavy atom. The molecule has 0 radical (unpaired) electrons. The van der Waals surface area contributed by atoms with Gasteiger partial charge in [0, 0.05) is 36.1 Å². The second kappa shape index (κ2) is 10.5. The topological polar surface area (TPSA) is 103 Å². The van der Waals surface area contributed by atoms with Gasteiger partial charge in [0.15, 0.2) is 16.5 Å². The van der Waals surface area contributed by atoms with Crippen LogP contribution in [0.5, 0.6) is 0 Å². The third-order valence-electron chi connectivity index (χ3n) is 7.05. The maximum atomic E-state index is 15.3. The van der Waals surface area contributed by atoms with Crippen molar-refractivity contribution in [1.29, 1.82) is 0 Å². The zero-order chi connectivity index (χ0) is 27.2. The number of carboxylic acid groups (broad SMARTS) is 1. The molecule has 5 rings (SSSR count). The first-order valence-corrected chi connectivity index (χ1v) is 14.8. The molecular weight excluding hydrogens is 609 g/mol. The van der Waals surface area contributed by atoms with Crippen molar-refractivity contribution in [1.82, 2.24) is 9.27 Å². The van der Waals surface area contributed by atoms with E-state index in [1.54, 1.807) is 6.07 Å². The van der Waals surface area contributed by atoms with Crippen molar-refractivity contribution in [3.63, 3.8) is 0 Å². The SMILES string of the molecule is O=C(O)N(c1ccsn1)S(=O)(=O)c1c(F)cc(NCc2c(F)cccc2CN2C3CCC2CC3)c(Br)c1F. The van der Waals surface area contributed by atoms with Gasteiger partial charge in [-0.25, -0.2) is 26.4 Å². The van der Waals surface area contributed by atoms with Crippen molar-refractivity contribution >= 4 is 55.1 Å². The number of nitrogens with zero attached hydrogens (tertiary/aromatic N) is 3. The van der Waals surface area contributed by atoms with Crippen LogP contribution < -0.4 is 9.62 Å². The number of hydrogen-bond donors (Lipinski definition) is 2. The highest BCUT2D eigenvalue weighted by Gasteiger charge is 2.40. The Morgan fingerprint density at radius 2 is 1.84 bits per heavy atom. The van der Waals surface area contributed by atoms with Crippen LogP contribution in [0.4, 0.5) is 29.5 Å². The van der Waals surface area contributed by atoms with E-state index in [0.29, 0.717) is 24.2 Å². The molecular formula is C24H22BrF3N4O4S2. The van der Waals surface area contributed by atoms with Gasteiger partial charge in [-0.2, -0.15) is 4.37 Å². The molecule has 2 N–H and O–H groups in total. The highest BCUT2D eigenvalue weighted by molar-refractivity contribution is 9.10. The first-order chi connectivity index (χ1) is 18.1. The van der Waals surface area contributed by atoms with E-state index in [1.165, 1.54) is 11.4 Å². The lowest BCUT2D eigenvalue weighted by Crippen LogP contribution is -2.37. The van der Waals surface area contributed by atoms with Crippen LogP contribution in [-0.4, -0.2) is 41.0 Å². The van der Waals surface area contributed by atoms with E-state index in [-0.39, 0.29) is 16.5 Å². The minimum absolute atomic E-state index is 0.116. The zero-order valence-corrected chi connectivity index (χ0v) is 22.9. The van der Waals surface area contributed by atoms with Gasteiger partial charge in [-0.3, -0.25) is 4.90 Å². The monoisotopic (exact) mass is 630 g/mol. The third-order valence-corrected chi connectivity index (χ3v) is 10.1. The van der Waals surface area contributed by atoms with Crippen molar-refractivity contribution in [2.45, 2.75) is 55.8 Å². The van der Waals surface area contributed by atoms with Crippen molar-refractivity contribution < 1.29 is 31.5 Å². The number of anilines is 2. The molecule has 0 unspecified atom stereocenters. The molecule has 2 saturated heterocycles. The minimum atomic E-state index is -5.22. The summed E-state index contributed by atoms with van der Waals surface area (Å²) in [7, 11) is -5.22. The number of halogens is 4. The van der Waals surface area contributed by atoms with Crippen molar-refractivity contribution in [3.8, 4) is 0 Å². The summed E-state index contributed by atoms with van der Waals surface area (Å²) < 4.78 is 74.3. The summed E-state index contributed by atoms with van der Waals surface area (Å²) in [4.78, 5) is 12.6. The lowest BCUT2D eigenvalue weighted by atomic mass is 10.0. The van der Waals surface area contributed by atoms with Crippen LogP contribution >= 0.6 is 27.5 Å². The second-order valence-electron chi connectivity index (χ2n) is 9.14. The molecule has 2 aliphatic rings. The van der Waals surface area contributed by atoms with E-state index in [2.05, 4.69) is 30.5 Å². The van der Waals surface area contributed by atoms with Gasteiger partial charge in [-0.05, 0) is 76.9 Å². The maximum absolute atomic E-state index is 15.3. The number of aromatic nitrogens is 1. The normalized spacial score (nSPS) is 19.2. The first kappa shape index (κ1) is 26.9. The zero-order valence-electron chi connectivity index (χ0n) is 19.7. The van der Waals surface area contributed by atoms with Gasteiger partial charge in [0.2, 0.25) is 0 Å². The van der Waals surface area contributed by atoms with Crippen LogP contribution in [0.3, 0.4) is 0 Å².